The van der Waals surface area contributed by atoms with E-state index >= 15 is 0 Å². The number of halogens is 1. The summed E-state index contributed by atoms with van der Waals surface area (Å²) in [7, 11) is 0. The molecule has 26 heavy (non-hydrogen) atoms. The molecule has 0 fully saturated rings. The van der Waals surface area contributed by atoms with E-state index in [1.165, 1.54) is 30.6 Å². The van der Waals surface area contributed by atoms with Crippen LogP contribution in [0.4, 0.5) is 0 Å². The monoisotopic (exact) mass is 392 g/mol. The molecule has 0 saturated heterocycles. The average Bonchev–Trinajstić information content (AvgIpc) is 3.08. The first-order valence-corrected chi connectivity index (χ1v) is 8.96. The van der Waals surface area contributed by atoms with Crippen LogP contribution in [0.25, 0.3) is 5.69 Å². The maximum Gasteiger partial charge on any atom is 0.241 e. The third-order valence-electron chi connectivity index (χ3n) is 3.86. The number of thioether (sulfide) groups is 1. The second-order valence-electron chi connectivity index (χ2n) is 5.92. The van der Waals surface area contributed by atoms with Gasteiger partial charge in [0.05, 0.1) is 11.4 Å². The Morgan fingerprint density at radius 1 is 1.31 bits per heavy atom. The summed E-state index contributed by atoms with van der Waals surface area (Å²) in [6.07, 6.45) is 0. The Labute approximate surface area is 159 Å². The highest BCUT2D eigenvalue weighted by atomic mass is 35.5. The standard InChI is InChI=1S/C16H17ClN6O2S/c1-9-14(19-21-22(9)13-7-5-6-12(17)8-13)16(4)23(11(3)25)20-15(26-16)18-10(2)24/h5-8H,1-4H3,(H,18,20,24). The molecule has 2 amide bonds. The van der Waals surface area contributed by atoms with E-state index in [0.717, 1.165) is 11.4 Å². The largest absolute Gasteiger partial charge is 0.304 e. The van der Waals surface area contributed by atoms with Gasteiger partial charge in [-0.3, -0.25) is 9.59 Å². The van der Waals surface area contributed by atoms with Crippen LogP contribution in [-0.4, -0.2) is 37.0 Å². The van der Waals surface area contributed by atoms with Crippen molar-refractivity contribution in [3.05, 3.63) is 40.7 Å². The average molecular weight is 393 g/mol. The minimum Gasteiger partial charge on any atom is -0.304 e. The predicted octanol–water partition coefficient (Wildman–Crippen LogP) is 2.40. The van der Waals surface area contributed by atoms with E-state index in [9.17, 15) is 9.59 Å². The van der Waals surface area contributed by atoms with Gasteiger partial charge in [-0.15, -0.1) is 10.2 Å². The Balaban J connectivity index is 2.03. The van der Waals surface area contributed by atoms with Gasteiger partial charge in [0.1, 0.15) is 5.69 Å². The van der Waals surface area contributed by atoms with Crippen molar-refractivity contribution in [2.75, 3.05) is 0 Å². The van der Waals surface area contributed by atoms with Crippen molar-refractivity contribution < 1.29 is 9.59 Å². The number of rotatable bonds is 2. The van der Waals surface area contributed by atoms with Crippen LogP contribution in [0.5, 0.6) is 0 Å². The molecule has 1 aromatic carbocycles. The number of hydrogen-bond acceptors (Lipinski definition) is 6. The third kappa shape index (κ3) is 3.19. The van der Waals surface area contributed by atoms with Gasteiger partial charge in [0.15, 0.2) is 10.0 Å². The molecule has 1 N–H and O–H groups in total. The van der Waals surface area contributed by atoms with Crippen molar-refractivity contribution in [1.82, 2.24) is 25.3 Å². The molecule has 1 aliphatic heterocycles. The second kappa shape index (κ2) is 6.73. The predicted molar refractivity (Wildman–Crippen MR) is 99.8 cm³/mol. The zero-order chi connectivity index (χ0) is 19.1. The summed E-state index contributed by atoms with van der Waals surface area (Å²) >= 11 is 7.30. The fourth-order valence-corrected chi connectivity index (χ4v) is 4.19. The summed E-state index contributed by atoms with van der Waals surface area (Å²) in [6.45, 7) is 6.47. The zero-order valence-electron chi connectivity index (χ0n) is 14.6. The lowest BCUT2D eigenvalue weighted by molar-refractivity contribution is -0.132. The van der Waals surface area contributed by atoms with E-state index in [4.69, 9.17) is 11.6 Å². The fraction of sp³-hybridized carbons (Fsp3) is 0.312. The van der Waals surface area contributed by atoms with Gasteiger partial charge in [-0.2, -0.15) is 0 Å². The molecule has 136 valence electrons. The number of nitrogens with one attached hydrogen (secondary N) is 1. The van der Waals surface area contributed by atoms with E-state index in [1.807, 2.05) is 26.0 Å². The summed E-state index contributed by atoms with van der Waals surface area (Å²) in [5, 5.41) is 17.6. The molecule has 0 saturated carbocycles. The van der Waals surface area contributed by atoms with Crippen molar-refractivity contribution in [1.29, 1.82) is 0 Å². The molecule has 8 nitrogen and oxygen atoms in total. The minimum absolute atomic E-state index is 0.261. The van der Waals surface area contributed by atoms with Crippen LogP contribution >= 0.6 is 23.4 Å². The maximum absolute atomic E-state index is 12.1. The fourth-order valence-electron chi connectivity index (χ4n) is 2.77. The maximum atomic E-state index is 12.1. The van der Waals surface area contributed by atoms with Gasteiger partial charge in [0, 0.05) is 18.9 Å². The lowest BCUT2D eigenvalue weighted by atomic mass is 10.1. The number of hydrazone groups is 1. The van der Waals surface area contributed by atoms with Crippen LogP contribution in [0.15, 0.2) is 29.4 Å². The summed E-state index contributed by atoms with van der Waals surface area (Å²) in [5.74, 6) is -0.527. The van der Waals surface area contributed by atoms with Gasteiger partial charge < -0.3 is 5.32 Å². The van der Waals surface area contributed by atoms with Crippen molar-refractivity contribution >= 4 is 40.3 Å². The van der Waals surface area contributed by atoms with Crippen molar-refractivity contribution in [2.24, 2.45) is 5.10 Å². The molecule has 3 rings (SSSR count). The molecule has 10 heteroatoms. The molecule has 2 aromatic rings. The molecule has 0 aliphatic carbocycles. The lowest BCUT2D eigenvalue weighted by Gasteiger charge is -2.29. The number of aromatic nitrogens is 3. The van der Waals surface area contributed by atoms with Crippen LogP contribution in [0.2, 0.25) is 5.02 Å². The summed E-state index contributed by atoms with van der Waals surface area (Å²) < 4.78 is 1.65. The van der Waals surface area contributed by atoms with Crippen LogP contribution < -0.4 is 5.32 Å². The molecular formula is C16H17ClN6O2S. The van der Waals surface area contributed by atoms with Crippen LogP contribution in [0.3, 0.4) is 0 Å². The number of hydrogen-bond donors (Lipinski definition) is 1. The SMILES string of the molecule is CC(=O)NC1=NN(C(C)=O)C(C)(c2nnn(-c3cccc(Cl)c3)c2C)S1. The van der Waals surface area contributed by atoms with E-state index in [0.29, 0.717) is 15.9 Å². The molecule has 0 spiro atoms. The number of amides is 2. The van der Waals surface area contributed by atoms with Crippen LogP contribution in [0.1, 0.15) is 32.2 Å². The third-order valence-corrected chi connectivity index (χ3v) is 5.23. The van der Waals surface area contributed by atoms with Gasteiger partial charge in [-0.25, -0.2) is 9.69 Å². The summed E-state index contributed by atoms with van der Waals surface area (Å²) in [4.78, 5) is 22.6. The number of benzene rings is 1. The van der Waals surface area contributed by atoms with Gasteiger partial charge in [-0.05, 0) is 43.8 Å². The number of carbonyl (C=O) groups is 2. The first kappa shape index (κ1) is 18.4. The Morgan fingerprint density at radius 2 is 2.04 bits per heavy atom. The molecule has 1 aromatic heterocycles. The molecule has 1 atom stereocenters. The Bertz CT molecular complexity index is 927. The van der Waals surface area contributed by atoms with Crippen LogP contribution in [-0.2, 0) is 14.5 Å². The smallest absolute Gasteiger partial charge is 0.241 e. The second-order valence-corrected chi connectivity index (χ2v) is 7.74. The molecule has 1 aliphatic rings. The molecular weight excluding hydrogens is 376 g/mol. The van der Waals surface area contributed by atoms with E-state index in [-0.39, 0.29) is 11.8 Å². The Morgan fingerprint density at radius 3 is 2.65 bits per heavy atom. The highest BCUT2D eigenvalue weighted by Gasteiger charge is 2.47. The number of nitrogens with zero attached hydrogens (tertiary/aromatic N) is 5. The minimum atomic E-state index is -0.926. The van der Waals surface area contributed by atoms with E-state index in [2.05, 4.69) is 20.7 Å². The zero-order valence-corrected chi connectivity index (χ0v) is 16.2. The molecule has 2 heterocycles. The van der Waals surface area contributed by atoms with Gasteiger partial charge in [0.25, 0.3) is 0 Å². The van der Waals surface area contributed by atoms with Gasteiger partial charge in [0.2, 0.25) is 11.8 Å². The first-order valence-electron chi connectivity index (χ1n) is 7.77. The lowest BCUT2D eigenvalue weighted by Crippen LogP contribution is -2.38. The first-order chi connectivity index (χ1) is 12.2. The Kier molecular flexibility index (Phi) is 4.76. The molecule has 0 bridgehead atoms. The Hall–Kier alpha value is -2.39. The number of amidine groups is 1. The topological polar surface area (TPSA) is 92.5 Å². The van der Waals surface area contributed by atoms with Crippen LogP contribution in [0, 0.1) is 6.92 Å². The van der Waals surface area contributed by atoms with Gasteiger partial charge in [-0.1, -0.05) is 22.9 Å². The normalized spacial score (nSPS) is 19.4. The highest BCUT2D eigenvalue weighted by molar-refractivity contribution is 8.14. The molecule has 1 unspecified atom stereocenters. The van der Waals surface area contributed by atoms with E-state index in [1.54, 1.807) is 16.8 Å². The number of carbonyl (C=O) groups excluding carboxylic acids is 2. The van der Waals surface area contributed by atoms with E-state index < -0.39 is 4.87 Å². The summed E-state index contributed by atoms with van der Waals surface area (Å²) in [5.41, 5.74) is 2.08. The van der Waals surface area contributed by atoms with Crippen molar-refractivity contribution in [3.63, 3.8) is 0 Å². The quantitative estimate of drug-likeness (QED) is 0.847. The summed E-state index contributed by atoms with van der Waals surface area (Å²) in [6, 6.07) is 7.24. The van der Waals surface area contributed by atoms with Crippen molar-refractivity contribution in [2.45, 2.75) is 32.6 Å². The van der Waals surface area contributed by atoms with Crippen molar-refractivity contribution in [3.8, 4) is 5.69 Å². The van der Waals surface area contributed by atoms with Gasteiger partial charge >= 0.3 is 0 Å². The molecule has 0 radical (unpaired) electrons. The highest BCUT2D eigenvalue weighted by Crippen LogP contribution is 2.45.